The molecule has 6 heteroatoms. The normalized spacial score (nSPS) is 12.2. The molecule has 2 N–H and O–H groups in total. The number of hydrogen-bond acceptors (Lipinski definition) is 4. The van der Waals surface area contributed by atoms with Gasteiger partial charge in [-0.3, -0.25) is 9.89 Å². The molecule has 0 spiro atoms. The average Bonchev–Trinajstić information content (AvgIpc) is 2.96. The van der Waals surface area contributed by atoms with Crippen molar-refractivity contribution in [3.05, 3.63) is 69.3 Å². The van der Waals surface area contributed by atoms with Gasteiger partial charge in [0.2, 0.25) is 0 Å². The molecule has 1 atom stereocenters. The largest absolute Gasteiger partial charge is 0.305 e. The van der Waals surface area contributed by atoms with Crippen molar-refractivity contribution in [3.8, 4) is 6.07 Å². The van der Waals surface area contributed by atoms with Crippen molar-refractivity contribution in [1.82, 2.24) is 19.9 Å². The smallest absolute Gasteiger partial charge is 0.272 e. The van der Waals surface area contributed by atoms with Crippen molar-refractivity contribution in [2.75, 3.05) is 0 Å². The summed E-state index contributed by atoms with van der Waals surface area (Å²) in [6, 6.07) is 11.9. The third-order valence-corrected chi connectivity index (χ3v) is 3.80. The second-order valence-electron chi connectivity index (χ2n) is 5.56. The van der Waals surface area contributed by atoms with Gasteiger partial charge in [0.05, 0.1) is 5.69 Å². The monoisotopic (exact) mass is 307 g/mol. The van der Waals surface area contributed by atoms with E-state index in [2.05, 4.69) is 47.4 Å². The van der Waals surface area contributed by atoms with Crippen molar-refractivity contribution in [1.29, 1.82) is 5.26 Å². The van der Waals surface area contributed by atoms with Gasteiger partial charge in [-0.25, -0.2) is 9.50 Å². The lowest BCUT2D eigenvalue weighted by Gasteiger charge is -2.14. The zero-order chi connectivity index (χ0) is 16.4. The van der Waals surface area contributed by atoms with Crippen molar-refractivity contribution < 1.29 is 0 Å². The van der Waals surface area contributed by atoms with Gasteiger partial charge in [0.25, 0.3) is 5.56 Å². The first-order valence-electron chi connectivity index (χ1n) is 7.38. The first-order valence-corrected chi connectivity index (χ1v) is 7.38. The highest BCUT2D eigenvalue weighted by Gasteiger charge is 2.10. The molecule has 0 bridgehead atoms. The minimum absolute atomic E-state index is 0.136. The average molecular weight is 307 g/mol. The molecule has 2 aromatic heterocycles. The summed E-state index contributed by atoms with van der Waals surface area (Å²) >= 11 is 0. The Morgan fingerprint density at radius 1 is 1.43 bits per heavy atom. The molecule has 116 valence electrons. The molecule has 1 unspecified atom stereocenters. The molecule has 3 rings (SSSR count). The molecule has 0 aliphatic heterocycles. The highest BCUT2D eigenvalue weighted by molar-refractivity contribution is 5.53. The predicted octanol–water partition coefficient (Wildman–Crippen LogP) is 2.05. The van der Waals surface area contributed by atoms with E-state index in [1.807, 2.05) is 12.1 Å². The van der Waals surface area contributed by atoms with Crippen LogP contribution in [0.3, 0.4) is 0 Å². The van der Waals surface area contributed by atoms with Crippen LogP contribution < -0.4 is 10.9 Å². The number of nitriles is 1. The van der Waals surface area contributed by atoms with Gasteiger partial charge in [-0.05, 0) is 19.4 Å². The molecule has 1 aromatic carbocycles. The van der Waals surface area contributed by atoms with Crippen LogP contribution in [0.2, 0.25) is 0 Å². The summed E-state index contributed by atoms with van der Waals surface area (Å²) in [5, 5.41) is 15.1. The maximum Gasteiger partial charge on any atom is 0.272 e. The lowest BCUT2D eigenvalue weighted by molar-refractivity contribution is 0.566. The molecule has 0 fully saturated rings. The number of rotatable bonds is 4. The quantitative estimate of drug-likeness (QED) is 0.772. The van der Waals surface area contributed by atoms with Crippen molar-refractivity contribution >= 4 is 5.65 Å². The van der Waals surface area contributed by atoms with Crippen LogP contribution in [-0.2, 0) is 6.54 Å². The minimum Gasteiger partial charge on any atom is -0.305 e. The SMILES string of the molecule is Cc1cccc(C(C)NCc2cc(=O)n3[nH]cc(C#N)c3n2)c1. The molecule has 0 saturated carbocycles. The summed E-state index contributed by atoms with van der Waals surface area (Å²) in [5.74, 6) is 0. The minimum atomic E-state index is -0.225. The van der Waals surface area contributed by atoms with E-state index in [1.54, 1.807) is 0 Å². The molecule has 0 amide bonds. The fourth-order valence-corrected chi connectivity index (χ4v) is 2.52. The Bertz CT molecular complexity index is 948. The van der Waals surface area contributed by atoms with Crippen LogP contribution in [0.1, 0.15) is 35.3 Å². The third-order valence-electron chi connectivity index (χ3n) is 3.80. The lowest BCUT2D eigenvalue weighted by Crippen LogP contribution is -2.22. The van der Waals surface area contributed by atoms with Gasteiger partial charge in [0.1, 0.15) is 11.6 Å². The number of hydrogen-bond donors (Lipinski definition) is 2. The van der Waals surface area contributed by atoms with Crippen LogP contribution in [0, 0.1) is 18.3 Å². The van der Waals surface area contributed by atoms with E-state index in [1.165, 1.54) is 27.9 Å². The summed E-state index contributed by atoms with van der Waals surface area (Å²) in [5.41, 5.74) is 3.50. The van der Waals surface area contributed by atoms with E-state index in [0.717, 1.165) is 0 Å². The van der Waals surface area contributed by atoms with Gasteiger partial charge < -0.3 is 5.32 Å². The van der Waals surface area contributed by atoms with E-state index < -0.39 is 0 Å². The second kappa shape index (κ2) is 6.07. The Balaban J connectivity index is 1.82. The number of fused-ring (bicyclic) bond motifs is 1. The molecule has 23 heavy (non-hydrogen) atoms. The van der Waals surface area contributed by atoms with Crippen molar-refractivity contribution in [2.45, 2.75) is 26.4 Å². The Labute approximate surface area is 133 Å². The molecule has 6 nitrogen and oxygen atoms in total. The molecular weight excluding hydrogens is 290 g/mol. The number of benzene rings is 1. The predicted molar refractivity (Wildman–Crippen MR) is 87.0 cm³/mol. The Morgan fingerprint density at radius 2 is 2.26 bits per heavy atom. The van der Waals surface area contributed by atoms with E-state index in [0.29, 0.717) is 23.4 Å². The zero-order valence-electron chi connectivity index (χ0n) is 13.0. The fourth-order valence-electron chi connectivity index (χ4n) is 2.52. The second-order valence-corrected chi connectivity index (χ2v) is 5.56. The van der Waals surface area contributed by atoms with Crippen molar-refractivity contribution in [2.24, 2.45) is 0 Å². The summed E-state index contributed by atoms with van der Waals surface area (Å²) < 4.78 is 1.27. The maximum absolute atomic E-state index is 12.0. The first kappa shape index (κ1) is 15.0. The Morgan fingerprint density at radius 3 is 3.00 bits per heavy atom. The van der Waals surface area contributed by atoms with Gasteiger partial charge >= 0.3 is 0 Å². The van der Waals surface area contributed by atoms with Gasteiger partial charge in [0.15, 0.2) is 5.65 Å². The number of H-pyrrole nitrogens is 1. The molecule has 0 saturated heterocycles. The van der Waals surface area contributed by atoms with Crippen LogP contribution in [0.5, 0.6) is 0 Å². The fraction of sp³-hybridized carbons (Fsp3) is 0.235. The number of nitrogens with zero attached hydrogens (tertiary/aromatic N) is 3. The van der Waals surface area contributed by atoms with Crippen LogP contribution in [-0.4, -0.2) is 14.6 Å². The van der Waals surface area contributed by atoms with Gasteiger partial charge in [-0.15, -0.1) is 0 Å². The van der Waals surface area contributed by atoms with Crippen LogP contribution >= 0.6 is 0 Å². The molecule has 3 aromatic rings. The van der Waals surface area contributed by atoms with Crippen LogP contribution in [0.15, 0.2) is 41.3 Å². The number of aromatic nitrogens is 3. The summed E-state index contributed by atoms with van der Waals surface area (Å²) in [7, 11) is 0. The standard InChI is InChI=1S/C17H17N5O/c1-11-4-3-5-13(6-11)12(2)19-10-15-7-16(23)22-17(21-15)14(8-18)9-20-22/h3-7,9,12,19-20H,10H2,1-2H3. The van der Waals surface area contributed by atoms with E-state index in [4.69, 9.17) is 5.26 Å². The summed E-state index contributed by atoms with van der Waals surface area (Å²) in [6.45, 7) is 4.58. The molecular formula is C17H17N5O. The molecule has 0 radical (unpaired) electrons. The lowest BCUT2D eigenvalue weighted by atomic mass is 10.1. The highest BCUT2D eigenvalue weighted by atomic mass is 16.1. The number of aromatic amines is 1. The third kappa shape index (κ3) is 3.00. The highest BCUT2D eigenvalue weighted by Crippen LogP contribution is 2.14. The Hall–Kier alpha value is -2.91. The first-order chi connectivity index (χ1) is 11.1. The van der Waals surface area contributed by atoms with Crippen molar-refractivity contribution in [3.63, 3.8) is 0 Å². The van der Waals surface area contributed by atoms with Gasteiger partial charge in [0, 0.05) is 24.8 Å². The molecule has 0 aliphatic rings. The van der Waals surface area contributed by atoms with E-state index in [9.17, 15) is 4.79 Å². The molecule has 0 aliphatic carbocycles. The maximum atomic E-state index is 12.0. The summed E-state index contributed by atoms with van der Waals surface area (Å²) in [6.07, 6.45) is 1.48. The Kier molecular flexibility index (Phi) is 3.96. The zero-order valence-corrected chi connectivity index (χ0v) is 13.0. The van der Waals surface area contributed by atoms with Gasteiger partial charge in [-0.2, -0.15) is 5.26 Å². The van der Waals surface area contributed by atoms with E-state index >= 15 is 0 Å². The topological polar surface area (TPSA) is 86.0 Å². The number of aryl methyl sites for hydroxylation is 1. The van der Waals surface area contributed by atoms with Crippen LogP contribution in [0.25, 0.3) is 5.65 Å². The van der Waals surface area contributed by atoms with Gasteiger partial charge in [-0.1, -0.05) is 29.8 Å². The van der Waals surface area contributed by atoms with Crippen LogP contribution in [0.4, 0.5) is 0 Å². The molecule has 2 heterocycles. The number of nitrogens with one attached hydrogen (secondary N) is 2. The van der Waals surface area contributed by atoms with E-state index in [-0.39, 0.29) is 11.6 Å². The summed E-state index contributed by atoms with van der Waals surface area (Å²) in [4.78, 5) is 16.4.